The molecule has 0 radical (unpaired) electrons. The Balaban J connectivity index is 1.24. The maximum absolute atomic E-state index is 13.7. The first kappa shape index (κ1) is 23.6. The van der Waals surface area contributed by atoms with Gasteiger partial charge in [0.05, 0.1) is 16.6 Å². The Labute approximate surface area is 207 Å². The third-order valence-corrected chi connectivity index (χ3v) is 7.65. The lowest BCUT2D eigenvalue weighted by molar-refractivity contribution is -0.129. The van der Waals surface area contributed by atoms with Gasteiger partial charge in [0.15, 0.2) is 0 Å². The lowest BCUT2D eigenvalue weighted by Gasteiger charge is -2.30. The quantitative estimate of drug-likeness (QED) is 0.444. The van der Waals surface area contributed by atoms with Crippen LogP contribution in [0.5, 0.6) is 0 Å². The minimum atomic E-state index is -0.834. The fourth-order valence-corrected chi connectivity index (χ4v) is 5.16. The van der Waals surface area contributed by atoms with Gasteiger partial charge in [0.2, 0.25) is 11.8 Å². The van der Waals surface area contributed by atoms with Crippen LogP contribution >= 0.6 is 11.6 Å². The second kappa shape index (κ2) is 9.15. The number of aromatic nitrogens is 1. The first-order valence-electron chi connectivity index (χ1n) is 12.1. The molecule has 3 aliphatic rings. The van der Waals surface area contributed by atoms with Crippen molar-refractivity contribution in [3.05, 3.63) is 34.7 Å². The molecule has 2 heterocycles. The van der Waals surface area contributed by atoms with E-state index < -0.39 is 29.7 Å². The molecule has 184 valence electrons. The number of carbonyl (C=O) groups excluding carboxylic acids is 3. The van der Waals surface area contributed by atoms with Gasteiger partial charge in [-0.3, -0.25) is 14.4 Å². The van der Waals surface area contributed by atoms with Crippen LogP contribution in [0.1, 0.15) is 61.9 Å². The van der Waals surface area contributed by atoms with E-state index in [4.69, 9.17) is 11.6 Å². The molecule has 3 fully saturated rings. The monoisotopic (exact) mass is 499 g/mol. The average Bonchev–Trinajstić information content (AvgIpc) is 3.73. The first-order valence-corrected chi connectivity index (χ1v) is 12.4. The van der Waals surface area contributed by atoms with Crippen molar-refractivity contribution >= 4 is 40.2 Å². The zero-order chi connectivity index (χ0) is 24.7. The number of hydrogen-bond acceptors (Lipinski definition) is 4. The predicted octanol–water partition coefficient (Wildman–Crippen LogP) is 3.32. The smallest absolute Gasteiger partial charge is 0.268 e. The van der Waals surface area contributed by atoms with Gasteiger partial charge >= 0.3 is 0 Å². The number of rotatable bonds is 8. The molecule has 2 aliphatic carbocycles. The van der Waals surface area contributed by atoms with Gasteiger partial charge in [-0.05, 0) is 62.6 Å². The summed E-state index contributed by atoms with van der Waals surface area (Å²) >= 11 is 6.07. The SMILES string of the molecule is N#C[C@H](C[C@@H]1CCC2(CC2)NC1=O)NC(=O)[C@H](CC1CC1)NC(=O)c1cc2cc(F)cc(Cl)c2[nH]1. The van der Waals surface area contributed by atoms with Crippen molar-refractivity contribution in [2.24, 2.45) is 11.8 Å². The van der Waals surface area contributed by atoms with Gasteiger partial charge in [-0.1, -0.05) is 24.4 Å². The van der Waals surface area contributed by atoms with Crippen LogP contribution < -0.4 is 16.0 Å². The van der Waals surface area contributed by atoms with Gasteiger partial charge in [0.25, 0.3) is 5.91 Å². The second-order valence-electron chi connectivity index (χ2n) is 10.2. The third kappa shape index (κ3) is 5.27. The lowest BCUT2D eigenvalue weighted by Crippen LogP contribution is -2.51. The highest BCUT2D eigenvalue weighted by molar-refractivity contribution is 6.35. The molecule has 35 heavy (non-hydrogen) atoms. The Morgan fingerprint density at radius 2 is 1.94 bits per heavy atom. The number of fused-ring (bicyclic) bond motifs is 1. The number of benzene rings is 1. The van der Waals surface area contributed by atoms with Crippen molar-refractivity contribution in [1.82, 2.24) is 20.9 Å². The molecule has 1 aliphatic heterocycles. The molecular formula is C25H27ClFN5O3. The Hall–Kier alpha value is -3.12. The zero-order valence-corrected chi connectivity index (χ0v) is 19.9. The largest absolute Gasteiger partial charge is 0.350 e. The molecule has 4 N–H and O–H groups in total. The van der Waals surface area contributed by atoms with E-state index >= 15 is 0 Å². The summed E-state index contributed by atoms with van der Waals surface area (Å²) in [5.41, 5.74) is 0.563. The van der Waals surface area contributed by atoms with Crippen LogP contribution in [0.3, 0.4) is 0 Å². The van der Waals surface area contributed by atoms with Crippen molar-refractivity contribution in [3.63, 3.8) is 0 Å². The molecule has 2 aromatic rings. The van der Waals surface area contributed by atoms with Gasteiger partial charge in [0, 0.05) is 16.8 Å². The highest BCUT2D eigenvalue weighted by atomic mass is 35.5. The van der Waals surface area contributed by atoms with Gasteiger partial charge in [-0.15, -0.1) is 0 Å². The number of piperidine rings is 1. The number of amides is 3. The van der Waals surface area contributed by atoms with Crippen molar-refractivity contribution in [2.75, 3.05) is 0 Å². The zero-order valence-electron chi connectivity index (χ0n) is 19.1. The summed E-state index contributed by atoms with van der Waals surface area (Å²) < 4.78 is 13.7. The number of nitriles is 1. The van der Waals surface area contributed by atoms with Crippen LogP contribution in [0.25, 0.3) is 10.9 Å². The summed E-state index contributed by atoms with van der Waals surface area (Å²) in [5.74, 6) is -1.53. The standard InChI is InChI=1S/C25H27ClFN5O3/c26-18-11-16(27)8-15-10-20(30-21(15)18)24(35)31-19(7-13-1-2-13)23(34)29-17(12-28)9-14-3-4-25(5-6-25)32-22(14)33/h8,10-11,13-14,17,19,30H,1-7,9H2,(H,29,34)(H,31,35)(H,32,33)/t14-,17-,19-/m0/s1. The molecule has 2 saturated carbocycles. The minimum absolute atomic E-state index is 0.0305. The molecule has 0 bridgehead atoms. The maximum Gasteiger partial charge on any atom is 0.268 e. The van der Waals surface area contributed by atoms with Crippen LogP contribution in [0.15, 0.2) is 18.2 Å². The Morgan fingerprint density at radius 1 is 1.17 bits per heavy atom. The first-order chi connectivity index (χ1) is 16.7. The van der Waals surface area contributed by atoms with E-state index in [1.54, 1.807) is 0 Å². The van der Waals surface area contributed by atoms with E-state index in [2.05, 4.69) is 27.0 Å². The number of carbonyl (C=O) groups is 3. The molecule has 0 unspecified atom stereocenters. The van der Waals surface area contributed by atoms with Crippen LogP contribution in [-0.2, 0) is 9.59 Å². The second-order valence-corrected chi connectivity index (χ2v) is 10.6. The highest BCUT2D eigenvalue weighted by Crippen LogP contribution is 2.44. The Morgan fingerprint density at radius 3 is 2.60 bits per heavy atom. The molecule has 1 saturated heterocycles. The topological polar surface area (TPSA) is 127 Å². The molecule has 1 spiro atoms. The van der Waals surface area contributed by atoms with E-state index in [1.165, 1.54) is 12.1 Å². The number of nitrogens with one attached hydrogen (secondary N) is 4. The molecule has 3 atom stereocenters. The summed E-state index contributed by atoms with van der Waals surface area (Å²) in [5, 5.41) is 18.8. The van der Waals surface area contributed by atoms with E-state index in [0.717, 1.165) is 38.2 Å². The number of H-pyrrole nitrogens is 1. The lowest BCUT2D eigenvalue weighted by atomic mass is 9.87. The number of hydrogen-bond donors (Lipinski definition) is 4. The summed E-state index contributed by atoms with van der Waals surface area (Å²) in [6.07, 6.45) is 6.26. The molecule has 5 rings (SSSR count). The third-order valence-electron chi connectivity index (χ3n) is 7.35. The Bertz CT molecular complexity index is 1230. The molecule has 1 aromatic carbocycles. The van der Waals surface area contributed by atoms with Crippen LogP contribution in [0, 0.1) is 29.0 Å². The Kier molecular flexibility index (Phi) is 6.18. The van der Waals surface area contributed by atoms with Gasteiger partial charge in [-0.2, -0.15) is 5.26 Å². The summed E-state index contributed by atoms with van der Waals surface area (Å²) in [7, 11) is 0. The van der Waals surface area contributed by atoms with Gasteiger partial charge < -0.3 is 20.9 Å². The summed E-state index contributed by atoms with van der Waals surface area (Å²) in [6.45, 7) is 0. The minimum Gasteiger partial charge on any atom is -0.350 e. The number of halogens is 2. The molecule has 10 heteroatoms. The van der Waals surface area contributed by atoms with Crippen molar-refractivity contribution in [1.29, 1.82) is 5.26 Å². The molecule has 8 nitrogen and oxygen atoms in total. The summed E-state index contributed by atoms with van der Waals surface area (Å²) in [4.78, 5) is 41.4. The van der Waals surface area contributed by atoms with Crippen LogP contribution in [0.4, 0.5) is 4.39 Å². The predicted molar refractivity (Wildman–Crippen MR) is 127 cm³/mol. The van der Waals surface area contributed by atoms with Crippen molar-refractivity contribution in [3.8, 4) is 6.07 Å². The van der Waals surface area contributed by atoms with Crippen LogP contribution in [-0.4, -0.2) is 40.3 Å². The fourth-order valence-electron chi connectivity index (χ4n) is 4.90. The maximum atomic E-state index is 13.7. The van der Waals surface area contributed by atoms with Crippen LogP contribution in [0.2, 0.25) is 5.02 Å². The molecule has 3 amide bonds. The summed E-state index contributed by atoms with van der Waals surface area (Å²) in [6, 6.07) is 4.34. The fraction of sp³-hybridized carbons (Fsp3) is 0.520. The molecule has 1 aromatic heterocycles. The van der Waals surface area contributed by atoms with Crippen molar-refractivity contribution in [2.45, 2.75) is 69.0 Å². The average molecular weight is 500 g/mol. The number of nitrogens with zero attached hydrogens (tertiary/aromatic N) is 1. The van der Waals surface area contributed by atoms with Gasteiger partial charge in [0.1, 0.15) is 23.6 Å². The normalized spacial score (nSPS) is 22.2. The highest BCUT2D eigenvalue weighted by Gasteiger charge is 2.48. The number of aromatic amines is 1. The van der Waals surface area contributed by atoms with E-state index in [-0.39, 0.29) is 34.5 Å². The van der Waals surface area contributed by atoms with E-state index in [1.807, 2.05) is 0 Å². The molecular weight excluding hydrogens is 473 g/mol. The van der Waals surface area contributed by atoms with Gasteiger partial charge in [-0.25, -0.2) is 4.39 Å². The van der Waals surface area contributed by atoms with Crippen molar-refractivity contribution < 1.29 is 18.8 Å². The van der Waals surface area contributed by atoms with E-state index in [0.29, 0.717) is 29.7 Å². The van der Waals surface area contributed by atoms with E-state index in [9.17, 15) is 24.0 Å².